The molecule has 2 fully saturated rings. The Labute approximate surface area is 212 Å². The molecule has 0 radical (unpaired) electrons. The lowest BCUT2D eigenvalue weighted by atomic mass is 9.72. The van der Waals surface area contributed by atoms with E-state index >= 15 is 0 Å². The number of nitrogens with zero attached hydrogens (tertiary/aromatic N) is 4. The molecule has 6 rings (SSSR count). The van der Waals surface area contributed by atoms with Crippen LogP contribution in [0.25, 0.3) is 0 Å². The van der Waals surface area contributed by atoms with Gasteiger partial charge in [0.05, 0.1) is 31.5 Å². The number of benzene rings is 2. The van der Waals surface area contributed by atoms with Crippen molar-refractivity contribution in [1.29, 1.82) is 5.26 Å². The van der Waals surface area contributed by atoms with Crippen LogP contribution in [0.1, 0.15) is 35.5 Å². The quantitative estimate of drug-likeness (QED) is 0.595. The highest BCUT2D eigenvalue weighted by molar-refractivity contribution is 5.94. The summed E-state index contributed by atoms with van der Waals surface area (Å²) in [5.74, 6) is -0.171. The number of fused-ring (bicyclic) bond motifs is 1. The minimum atomic E-state index is -0.743. The number of pyridine rings is 1. The number of carbonyl (C=O) groups is 1. The van der Waals surface area contributed by atoms with Crippen LogP contribution in [-0.2, 0) is 23.3 Å². The smallest absolute Gasteiger partial charge is 0.251 e. The van der Waals surface area contributed by atoms with E-state index in [4.69, 9.17) is 4.74 Å². The first-order valence-electron chi connectivity index (χ1n) is 12.4. The number of amides is 1. The van der Waals surface area contributed by atoms with Crippen molar-refractivity contribution < 1.29 is 11.0 Å². The maximum absolute atomic E-state index is 12.9. The van der Waals surface area contributed by atoms with Crippen LogP contribution < -0.4 is 15.1 Å². The summed E-state index contributed by atoms with van der Waals surface area (Å²) in [4.78, 5) is 22.2. The zero-order chi connectivity index (χ0) is 24.8. The lowest BCUT2D eigenvalue weighted by Crippen LogP contribution is -2.72. The van der Waals surface area contributed by atoms with Crippen molar-refractivity contribution >= 4 is 17.3 Å². The van der Waals surface area contributed by atoms with E-state index in [1.54, 1.807) is 6.07 Å². The predicted molar refractivity (Wildman–Crippen MR) is 140 cm³/mol. The number of carbonyl (C=O) groups excluding carboxylic acids is 1. The number of hydrogen-bond acceptors (Lipinski definition) is 6. The molecule has 3 aromatic rings. The SMILES string of the molecule is C[C@@]1(C#N)COCc2ccc(C(=O)NCc3cc(N4CC5(CN(c6ccccc6)C5)C4)ccn3)cc21.[HH]. The third kappa shape index (κ3) is 3.98. The average molecular weight is 482 g/mol. The first-order chi connectivity index (χ1) is 17.5. The molecule has 1 aromatic heterocycles. The zero-order valence-corrected chi connectivity index (χ0v) is 20.4. The van der Waals surface area contributed by atoms with E-state index < -0.39 is 5.41 Å². The number of rotatable bonds is 5. The maximum Gasteiger partial charge on any atom is 0.251 e. The number of para-hydroxylation sites is 1. The molecule has 184 valence electrons. The topological polar surface area (TPSA) is 81.5 Å². The second-order valence-electron chi connectivity index (χ2n) is 10.5. The molecule has 0 bridgehead atoms. The van der Waals surface area contributed by atoms with Gasteiger partial charge in [0.1, 0.15) is 5.41 Å². The summed E-state index contributed by atoms with van der Waals surface area (Å²) < 4.78 is 5.56. The number of aromatic nitrogens is 1. The van der Waals surface area contributed by atoms with Gasteiger partial charge in [-0.15, -0.1) is 0 Å². The highest BCUT2D eigenvalue weighted by Crippen LogP contribution is 2.43. The van der Waals surface area contributed by atoms with Crippen molar-refractivity contribution in [2.75, 3.05) is 42.6 Å². The van der Waals surface area contributed by atoms with E-state index in [0.717, 1.165) is 48.7 Å². The highest BCUT2D eigenvalue weighted by Gasteiger charge is 2.51. The lowest BCUT2D eigenvalue weighted by molar-refractivity contribution is 0.0757. The molecule has 36 heavy (non-hydrogen) atoms. The van der Waals surface area contributed by atoms with Gasteiger partial charge in [0.2, 0.25) is 0 Å². The molecule has 0 saturated carbocycles. The second kappa shape index (κ2) is 8.65. The van der Waals surface area contributed by atoms with Gasteiger partial charge in [0.15, 0.2) is 0 Å². The fourth-order valence-electron chi connectivity index (χ4n) is 5.66. The monoisotopic (exact) mass is 481 g/mol. The Morgan fingerprint density at radius 3 is 2.58 bits per heavy atom. The molecule has 3 aliphatic heterocycles. The summed E-state index contributed by atoms with van der Waals surface area (Å²) in [6.45, 7) is 7.28. The zero-order valence-electron chi connectivity index (χ0n) is 20.4. The van der Waals surface area contributed by atoms with Gasteiger partial charge in [-0.2, -0.15) is 5.26 Å². The first kappa shape index (κ1) is 22.6. The van der Waals surface area contributed by atoms with Crippen molar-refractivity contribution in [2.45, 2.75) is 25.5 Å². The Hall–Kier alpha value is -3.89. The summed E-state index contributed by atoms with van der Waals surface area (Å²) in [7, 11) is 0. The summed E-state index contributed by atoms with van der Waals surface area (Å²) in [6.07, 6.45) is 1.82. The van der Waals surface area contributed by atoms with Crippen LogP contribution in [-0.4, -0.2) is 43.7 Å². The number of nitrogens with one attached hydrogen (secondary N) is 1. The van der Waals surface area contributed by atoms with Gasteiger partial charge < -0.3 is 19.9 Å². The van der Waals surface area contributed by atoms with Gasteiger partial charge in [-0.3, -0.25) is 9.78 Å². The van der Waals surface area contributed by atoms with Crippen molar-refractivity contribution in [3.05, 3.63) is 89.2 Å². The molecule has 0 aliphatic carbocycles. The summed E-state index contributed by atoms with van der Waals surface area (Å²) in [5.41, 5.74) is 5.29. The van der Waals surface area contributed by atoms with E-state index in [9.17, 15) is 10.1 Å². The van der Waals surface area contributed by atoms with Crippen LogP contribution >= 0.6 is 0 Å². The lowest BCUT2D eigenvalue weighted by Gasteiger charge is -2.61. The van der Waals surface area contributed by atoms with E-state index in [2.05, 4.69) is 62.6 Å². The van der Waals surface area contributed by atoms with Crippen molar-refractivity contribution in [1.82, 2.24) is 10.3 Å². The number of anilines is 2. The van der Waals surface area contributed by atoms with Crippen LogP contribution in [0.3, 0.4) is 0 Å². The molecule has 1 spiro atoms. The van der Waals surface area contributed by atoms with Crippen molar-refractivity contribution in [2.24, 2.45) is 5.41 Å². The third-order valence-corrected chi connectivity index (χ3v) is 7.68. The molecule has 7 heteroatoms. The van der Waals surface area contributed by atoms with E-state index in [0.29, 0.717) is 30.7 Å². The fourth-order valence-corrected chi connectivity index (χ4v) is 5.66. The third-order valence-electron chi connectivity index (χ3n) is 7.68. The molecule has 4 heterocycles. The molecule has 2 saturated heterocycles. The summed E-state index contributed by atoms with van der Waals surface area (Å²) in [5, 5.41) is 12.6. The van der Waals surface area contributed by atoms with Gasteiger partial charge in [-0.05, 0) is 54.4 Å². The number of hydrogen-bond donors (Lipinski definition) is 1. The molecular weight excluding hydrogens is 450 g/mol. The number of nitriles is 1. The van der Waals surface area contributed by atoms with Gasteiger partial charge in [0, 0.05) is 56.2 Å². The normalized spacial score (nSPS) is 21.7. The molecule has 1 amide bonds. The second-order valence-corrected chi connectivity index (χ2v) is 10.5. The highest BCUT2D eigenvalue weighted by atomic mass is 16.5. The molecule has 1 atom stereocenters. The molecular formula is C29H31N5O2. The van der Waals surface area contributed by atoms with E-state index in [1.807, 2.05) is 31.3 Å². The molecule has 0 unspecified atom stereocenters. The minimum absolute atomic E-state index is 0. The first-order valence-corrected chi connectivity index (χ1v) is 12.4. The van der Waals surface area contributed by atoms with Crippen molar-refractivity contribution in [3.8, 4) is 6.07 Å². The number of ether oxygens (including phenoxy) is 1. The van der Waals surface area contributed by atoms with Crippen LogP contribution in [0.2, 0.25) is 0 Å². The Balaban J connectivity index is 0.00000280. The Bertz CT molecular complexity index is 1340. The van der Waals surface area contributed by atoms with E-state index in [1.165, 1.54) is 5.69 Å². The van der Waals surface area contributed by atoms with Gasteiger partial charge >= 0.3 is 0 Å². The van der Waals surface area contributed by atoms with Crippen LogP contribution in [0.5, 0.6) is 0 Å². The average Bonchev–Trinajstić information content (AvgIpc) is 2.86. The molecule has 7 nitrogen and oxygen atoms in total. The van der Waals surface area contributed by atoms with E-state index in [-0.39, 0.29) is 7.33 Å². The Morgan fingerprint density at radius 1 is 1.08 bits per heavy atom. The molecule has 1 N–H and O–H groups in total. The van der Waals surface area contributed by atoms with Gasteiger partial charge in [0.25, 0.3) is 5.91 Å². The predicted octanol–water partition coefficient (Wildman–Crippen LogP) is 3.90. The standard InChI is InChI=1S/C29H29N5O2.H2/c1-28(15-30)20-36-14-22-8-7-21(11-26(22)28)27(35)32-13-23-12-25(9-10-31-23)34-18-29(19-34)16-33(17-29)24-5-3-2-4-6-24;/h2-12H,13-14,16-20H2,1H3,(H,32,35);1H/t28-;/m1./s1. The molecule has 3 aliphatic rings. The Kier molecular flexibility index (Phi) is 5.42. The summed E-state index contributed by atoms with van der Waals surface area (Å²) >= 11 is 0. The van der Waals surface area contributed by atoms with Crippen molar-refractivity contribution in [3.63, 3.8) is 0 Å². The van der Waals surface area contributed by atoms with Crippen LogP contribution in [0, 0.1) is 16.7 Å². The van der Waals surface area contributed by atoms with Gasteiger partial charge in [-0.25, -0.2) is 0 Å². The minimum Gasteiger partial charge on any atom is -0.375 e. The molecule has 2 aromatic carbocycles. The maximum atomic E-state index is 12.9. The summed E-state index contributed by atoms with van der Waals surface area (Å²) in [6, 6.07) is 22.5. The van der Waals surface area contributed by atoms with Gasteiger partial charge in [-0.1, -0.05) is 24.3 Å². The van der Waals surface area contributed by atoms with Crippen LogP contribution in [0.4, 0.5) is 11.4 Å². The Morgan fingerprint density at radius 2 is 1.83 bits per heavy atom. The largest absolute Gasteiger partial charge is 0.375 e. The fraction of sp³-hybridized carbons (Fsp3) is 0.345. The van der Waals surface area contributed by atoms with Crippen LogP contribution in [0.15, 0.2) is 66.9 Å².